The average molecular weight is 183 g/mol. The van der Waals surface area contributed by atoms with E-state index in [1.807, 2.05) is 37.3 Å². The van der Waals surface area contributed by atoms with Gasteiger partial charge in [-0.25, -0.2) is 0 Å². The Balaban J connectivity index is 2.78. The Morgan fingerprint density at radius 2 is 2.00 bits per heavy atom. The second-order valence-electron chi connectivity index (χ2n) is 2.73. The molecule has 0 N–H and O–H groups in total. The third-order valence-corrected chi connectivity index (χ3v) is 2.18. The van der Waals surface area contributed by atoms with Crippen molar-refractivity contribution in [2.45, 2.75) is 12.8 Å². The summed E-state index contributed by atoms with van der Waals surface area (Å²) >= 11 is 5.45. The molecule has 1 aromatic rings. The molecule has 0 aliphatic heterocycles. The van der Waals surface area contributed by atoms with Crippen LogP contribution in [-0.2, 0) is 4.79 Å². The number of alkyl halides is 1. The van der Waals surface area contributed by atoms with E-state index in [1.165, 1.54) is 0 Å². The van der Waals surface area contributed by atoms with Gasteiger partial charge in [0.15, 0.2) is 5.78 Å². The molecule has 0 saturated carbocycles. The maximum absolute atomic E-state index is 11.2. The highest BCUT2D eigenvalue weighted by Crippen LogP contribution is 2.15. The number of ketones is 1. The number of carbonyl (C=O) groups excluding carboxylic acids is 1. The topological polar surface area (TPSA) is 17.1 Å². The minimum Gasteiger partial charge on any atom is -0.298 e. The Morgan fingerprint density at radius 1 is 1.42 bits per heavy atom. The van der Waals surface area contributed by atoms with E-state index in [1.54, 1.807) is 0 Å². The lowest BCUT2D eigenvalue weighted by molar-refractivity contribution is -0.117. The molecule has 2 heteroatoms. The maximum atomic E-state index is 11.2. The summed E-state index contributed by atoms with van der Waals surface area (Å²) in [5.74, 6) is 0.0855. The number of halogens is 1. The number of benzene rings is 1. The number of carbonyl (C=O) groups is 1. The first-order chi connectivity index (χ1) is 5.75. The molecule has 0 amide bonds. The minimum absolute atomic E-state index is 0.0721. The predicted octanol–water partition coefficient (Wildman–Crippen LogP) is 2.60. The van der Waals surface area contributed by atoms with Crippen molar-refractivity contribution in [1.82, 2.24) is 0 Å². The van der Waals surface area contributed by atoms with Gasteiger partial charge in [-0.05, 0) is 5.56 Å². The van der Waals surface area contributed by atoms with Gasteiger partial charge in [-0.2, -0.15) is 0 Å². The molecule has 0 heterocycles. The zero-order chi connectivity index (χ0) is 8.97. The van der Waals surface area contributed by atoms with Crippen molar-refractivity contribution in [3.63, 3.8) is 0 Å². The summed E-state index contributed by atoms with van der Waals surface area (Å²) in [6.07, 6.45) is 0. The van der Waals surface area contributed by atoms with Gasteiger partial charge in [-0.3, -0.25) is 4.79 Å². The van der Waals surface area contributed by atoms with Gasteiger partial charge >= 0.3 is 0 Å². The molecule has 12 heavy (non-hydrogen) atoms. The van der Waals surface area contributed by atoms with E-state index < -0.39 is 0 Å². The first kappa shape index (κ1) is 9.27. The van der Waals surface area contributed by atoms with Gasteiger partial charge < -0.3 is 0 Å². The van der Waals surface area contributed by atoms with Crippen molar-refractivity contribution < 1.29 is 4.79 Å². The first-order valence-electron chi connectivity index (χ1n) is 3.89. The first-order valence-corrected chi connectivity index (χ1v) is 4.42. The lowest BCUT2D eigenvalue weighted by Crippen LogP contribution is -2.09. The Labute approximate surface area is 77.4 Å². The van der Waals surface area contributed by atoms with Crippen molar-refractivity contribution >= 4 is 17.4 Å². The molecular weight excluding hydrogens is 172 g/mol. The zero-order valence-corrected chi connectivity index (χ0v) is 7.71. The van der Waals surface area contributed by atoms with Crippen LogP contribution in [-0.4, -0.2) is 11.7 Å². The van der Waals surface area contributed by atoms with Crippen LogP contribution in [0.2, 0.25) is 0 Å². The summed E-state index contributed by atoms with van der Waals surface area (Å²) in [5, 5.41) is 0. The van der Waals surface area contributed by atoms with E-state index in [2.05, 4.69) is 0 Å². The highest BCUT2D eigenvalue weighted by molar-refractivity contribution is 6.28. The van der Waals surface area contributed by atoms with Gasteiger partial charge in [0.25, 0.3) is 0 Å². The number of Topliss-reactive ketones (excluding diaryl/α,β-unsaturated/α-hetero) is 1. The van der Waals surface area contributed by atoms with Crippen LogP contribution in [0.25, 0.3) is 0 Å². The Bertz CT molecular complexity index is 256. The van der Waals surface area contributed by atoms with Crippen molar-refractivity contribution in [3.8, 4) is 0 Å². The fourth-order valence-electron chi connectivity index (χ4n) is 1.04. The Kier molecular flexibility index (Phi) is 3.30. The fraction of sp³-hybridized carbons (Fsp3) is 0.300. The summed E-state index contributed by atoms with van der Waals surface area (Å²) in [6.45, 7) is 1.88. The zero-order valence-electron chi connectivity index (χ0n) is 6.96. The molecule has 0 bridgehead atoms. The lowest BCUT2D eigenvalue weighted by Gasteiger charge is -2.07. The third kappa shape index (κ3) is 2.08. The molecule has 0 radical (unpaired) electrons. The highest BCUT2D eigenvalue weighted by Gasteiger charge is 2.12. The molecule has 1 rings (SSSR count). The smallest absolute Gasteiger partial charge is 0.154 e. The minimum atomic E-state index is -0.0799. The molecule has 0 fully saturated rings. The standard InChI is InChI=1S/C10H11ClO/c1-8(10(12)7-11)9-5-3-2-4-6-9/h2-6,8H,7H2,1H3. The van der Waals surface area contributed by atoms with E-state index in [4.69, 9.17) is 11.6 Å². The second kappa shape index (κ2) is 4.27. The SMILES string of the molecule is CC(C(=O)CCl)c1ccccc1. The molecule has 1 unspecified atom stereocenters. The van der Waals surface area contributed by atoms with Crippen molar-refractivity contribution in [2.75, 3.05) is 5.88 Å². The number of hydrogen-bond donors (Lipinski definition) is 0. The molecule has 1 aromatic carbocycles. The molecule has 0 aliphatic rings. The van der Waals surface area contributed by atoms with E-state index in [-0.39, 0.29) is 17.6 Å². The molecule has 0 aromatic heterocycles. The number of rotatable bonds is 3. The van der Waals surface area contributed by atoms with Crippen LogP contribution in [0.1, 0.15) is 18.4 Å². The molecule has 1 atom stereocenters. The Hall–Kier alpha value is -0.820. The van der Waals surface area contributed by atoms with E-state index in [9.17, 15) is 4.79 Å². The third-order valence-electron chi connectivity index (χ3n) is 1.91. The normalized spacial score (nSPS) is 12.5. The maximum Gasteiger partial charge on any atom is 0.154 e. The average Bonchev–Trinajstić information content (AvgIpc) is 2.17. The molecule has 0 spiro atoms. The largest absolute Gasteiger partial charge is 0.298 e. The van der Waals surface area contributed by atoms with Crippen LogP contribution in [0.3, 0.4) is 0 Å². The predicted molar refractivity (Wildman–Crippen MR) is 50.6 cm³/mol. The van der Waals surface area contributed by atoms with Gasteiger partial charge in [0.1, 0.15) is 0 Å². The highest BCUT2D eigenvalue weighted by atomic mass is 35.5. The van der Waals surface area contributed by atoms with Gasteiger partial charge in [-0.15, -0.1) is 11.6 Å². The summed E-state index contributed by atoms with van der Waals surface area (Å²) in [4.78, 5) is 11.2. The summed E-state index contributed by atoms with van der Waals surface area (Å²) in [5.41, 5.74) is 1.03. The van der Waals surface area contributed by atoms with Gasteiger partial charge in [0.2, 0.25) is 0 Å². The monoisotopic (exact) mass is 182 g/mol. The van der Waals surface area contributed by atoms with Gasteiger partial charge in [-0.1, -0.05) is 37.3 Å². The van der Waals surface area contributed by atoms with Crippen LogP contribution >= 0.6 is 11.6 Å². The van der Waals surface area contributed by atoms with E-state index in [0.717, 1.165) is 5.56 Å². The van der Waals surface area contributed by atoms with Crippen LogP contribution in [0.5, 0.6) is 0 Å². The Morgan fingerprint density at radius 3 is 2.50 bits per heavy atom. The molecule has 1 nitrogen and oxygen atoms in total. The van der Waals surface area contributed by atoms with Crippen molar-refractivity contribution in [1.29, 1.82) is 0 Å². The molecular formula is C10H11ClO. The fourth-order valence-corrected chi connectivity index (χ4v) is 1.27. The van der Waals surface area contributed by atoms with Gasteiger partial charge in [0.05, 0.1) is 5.88 Å². The molecule has 64 valence electrons. The van der Waals surface area contributed by atoms with Crippen LogP contribution in [0.15, 0.2) is 30.3 Å². The molecule has 0 saturated heterocycles. The number of hydrogen-bond acceptors (Lipinski definition) is 1. The quantitative estimate of drug-likeness (QED) is 0.657. The van der Waals surface area contributed by atoms with Crippen LogP contribution in [0.4, 0.5) is 0 Å². The molecule has 0 aliphatic carbocycles. The van der Waals surface area contributed by atoms with Crippen LogP contribution in [0, 0.1) is 0 Å². The van der Waals surface area contributed by atoms with Crippen molar-refractivity contribution in [3.05, 3.63) is 35.9 Å². The van der Waals surface area contributed by atoms with E-state index >= 15 is 0 Å². The van der Waals surface area contributed by atoms with E-state index in [0.29, 0.717) is 0 Å². The van der Waals surface area contributed by atoms with Crippen molar-refractivity contribution in [2.24, 2.45) is 0 Å². The van der Waals surface area contributed by atoms with Crippen LogP contribution < -0.4 is 0 Å². The summed E-state index contributed by atoms with van der Waals surface area (Å²) < 4.78 is 0. The van der Waals surface area contributed by atoms with Gasteiger partial charge in [0, 0.05) is 5.92 Å². The summed E-state index contributed by atoms with van der Waals surface area (Å²) in [6, 6.07) is 9.66. The lowest BCUT2D eigenvalue weighted by atomic mass is 9.98. The summed E-state index contributed by atoms with van der Waals surface area (Å²) in [7, 11) is 0. The second-order valence-corrected chi connectivity index (χ2v) is 3.00.